The molecule has 1 N–H and O–H groups in total. The van der Waals surface area contributed by atoms with Crippen molar-refractivity contribution in [3.05, 3.63) is 47.2 Å². The number of carbonyl (C=O) groups is 3. The second kappa shape index (κ2) is 7.36. The van der Waals surface area contributed by atoms with Crippen LogP contribution in [0, 0.1) is 0 Å². The molecule has 27 heavy (non-hydrogen) atoms. The van der Waals surface area contributed by atoms with Gasteiger partial charge in [0.2, 0.25) is 5.91 Å². The Balaban J connectivity index is 1.47. The van der Waals surface area contributed by atoms with E-state index in [1.54, 1.807) is 0 Å². The molecule has 0 spiro atoms. The van der Waals surface area contributed by atoms with E-state index < -0.39 is 23.3 Å². The van der Waals surface area contributed by atoms with Crippen LogP contribution < -0.4 is 10.4 Å². The maximum atomic E-state index is 12.6. The molecule has 7 nitrogen and oxygen atoms in total. The number of benzene rings is 1. The molecule has 8 heteroatoms. The lowest BCUT2D eigenvalue weighted by atomic mass is 9.99. The van der Waals surface area contributed by atoms with Crippen LogP contribution in [0.15, 0.2) is 41.6 Å². The normalized spacial score (nSPS) is 27.2. The molecule has 0 saturated carbocycles. The Labute approximate surface area is 160 Å². The van der Waals surface area contributed by atoms with Crippen molar-refractivity contribution in [2.75, 3.05) is 12.4 Å². The van der Waals surface area contributed by atoms with Gasteiger partial charge in [0.05, 0.1) is 24.2 Å². The fraction of sp³-hybridized carbons (Fsp3) is 0.421. The minimum Gasteiger partial charge on any atom is -0.543 e. The smallest absolute Gasteiger partial charge is 0.253 e. The standard InChI is InChI=1S/C19H20N2O5S/c22-14(9-11-5-2-1-3-6-11)20-15-17(23)21-16(19(24)25)12(10-27-18(15)21)13-7-4-8-26-13/h1-3,5-6,13,15,18H,4,7-10H2,(H,20,22)(H,24,25)/p-1/t13?,15-,18-/m1/s1. The van der Waals surface area contributed by atoms with Crippen molar-refractivity contribution in [2.24, 2.45) is 0 Å². The summed E-state index contributed by atoms with van der Waals surface area (Å²) in [6.07, 6.45) is 1.52. The van der Waals surface area contributed by atoms with Gasteiger partial charge in [-0.25, -0.2) is 0 Å². The van der Waals surface area contributed by atoms with Crippen LogP contribution >= 0.6 is 11.8 Å². The van der Waals surface area contributed by atoms with E-state index in [9.17, 15) is 19.5 Å². The van der Waals surface area contributed by atoms with Crippen molar-refractivity contribution >= 4 is 29.5 Å². The summed E-state index contributed by atoms with van der Waals surface area (Å²) in [4.78, 5) is 37.8. The van der Waals surface area contributed by atoms with Crippen LogP contribution in [0.5, 0.6) is 0 Å². The lowest BCUT2D eigenvalue weighted by Gasteiger charge is -2.51. The third kappa shape index (κ3) is 3.35. The van der Waals surface area contributed by atoms with Crippen LogP contribution in [-0.4, -0.2) is 52.6 Å². The van der Waals surface area contributed by atoms with Crippen LogP contribution in [0.2, 0.25) is 0 Å². The number of β-lactam (4-membered cyclic amide) rings is 1. The van der Waals surface area contributed by atoms with Gasteiger partial charge in [-0.15, -0.1) is 11.8 Å². The number of hydrogen-bond donors (Lipinski definition) is 1. The molecule has 1 aromatic rings. The van der Waals surface area contributed by atoms with Crippen LogP contribution in [-0.2, 0) is 25.5 Å². The molecule has 2 amide bonds. The summed E-state index contributed by atoms with van der Waals surface area (Å²) in [5.74, 6) is -1.59. The van der Waals surface area contributed by atoms with Gasteiger partial charge in [-0.3, -0.25) is 14.5 Å². The zero-order valence-corrected chi connectivity index (χ0v) is 15.4. The molecule has 3 atom stereocenters. The molecular weight excluding hydrogens is 368 g/mol. The SMILES string of the molecule is O=C(Cc1ccccc1)N[C@@H]1C(=O)N2C(C(=O)[O-])=C(C3CCCO3)CS[C@H]12. The Bertz CT molecular complexity index is 804. The molecule has 0 aromatic heterocycles. The van der Waals surface area contributed by atoms with Crippen LogP contribution in [0.1, 0.15) is 18.4 Å². The van der Waals surface area contributed by atoms with E-state index in [-0.39, 0.29) is 24.1 Å². The number of nitrogens with one attached hydrogen (secondary N) is 1. The van der Waals surface area contributed by atoms with E-state index in [4.69, 9.17) is 4.74 Å². The summed E-state index contributed by atoms with van der Waals surface area (Å²) in [6.45, 7) is 0.592. The van der Waals surface area contributed by atoms with Gasteiger partial charge < -0.3 is 20.0 Å². The maximum absolute atomic E-state index is 12.6. The Morgan fingerprint density at radius 2 is 2.07 bits per heavy atom. The lowest BCUT2D eigenvalue weighted by Crippen LogP contribution is -2.71. The van der Waals surface area contributed by atoms with E-state index in [2.05, 4.69) is 5.32 Å². The summed E-state index contributed by atoms with van der Waals surface area (Å²) < 4.78 is 5.60. The number of thioether (sulfide) groups is 1. The first kappa shape index (κ1) is 18.1. The van der Waals surface area contributed by atoms with Gasteiger partial charge in [0, 0.05) is 12.4 Å². The molecule has 3 aliphatic rings. The summed E-state index contributed by atoms with van der Waals surface area (Å²) in [6, 6.07) is 8.53. The van der Waals surface area contributed by atoms with Crippen molar-refractivity contribution in [2.45, 2.75) is 36.8 Å². The monoisotopic (exact) mass is 387 g/mol. The van der Waals surface area contributed by atoms with Gasteiger partial charge in [0.15, 0.2) is 0 Å². The van der Waals surface area contributed by atoms with Gasteiger partial charge in [0.25, 0.3) is 5.91 Å². The van der Waals surface area contributed by atoms with E-state index in [0.717, 1.165) is 18.4 Å². The number of carbonyl (C=O) groups excluding carboxylic acids is 3. The minimum absolute atomic E-state index is 0.0794. The number of carboxylic acids is 1. The average Bonchev–Trinajstić information content (AvgIpc) is 3.20. The molecule has 0 bridgehead atoms. The first-order valence-electron chi connectivity index (χ1n) is 8.90. The molecule has 1 unspecified atom stereocenters. The largest absolute Gasteiger partial charge is 0.543 e. The number of aliphatic carboxylic acids is 1. The first-order chi connectivity index (χ1) is 13.1. The zero-order valence-electron chi connectivity index (χ0n) is 14.6. The molecule has 0 radical (unpaired) electrons. The van der Waals surface area contributed by atoms with Gasteiger partial charge in [-0.2, -0.15) is 0 Å². The fourth-order valence-corrected chi connectivity index (χ4v) is 5.14. The summed E-state index contributed by atoms with van der Waals surface area (Å²) in [5.41, 5.74) is 1.38. The van der Waals surface area contributed by atoms with Crippen LogP contribution in [0.25, 0.3) is 0 Å². The maximum Gasteiger partial charge on any atom is 0.253 e. The highest BCUT2D eigenvalue weighted by atomic mass is 32.2. The minimum atomic E-state index is -1.37. The number of nitrogens with zero attached hydrogens (tertiary/aromatic N) is 1. The summed E-state index contributed by atoms with van der Waals surface area (Å²) >= 11 is 1.45. The second-order valence-electron chi connectivity index (χ2n) is 6.78. The summed E-state index contributed by atoms with van der Waals surface area (Å²) in [5, 5.41) is 14.0. The number of carboxylic acid groups (broad SMARTS) is 1. The van der Waals surface area contributed by atoms with Crippen molar-refractivity contribution in [3.8, 4) is 0 Å². The molecule has 2 saturated heterocycles. The number of hydrogen-bond acceptors (Lipinski definition) is 6. The fourth-order valence-electron chi connectivity index (χ4n) is 3.74. The molecule has 2 fully saturated rings. The van der Waals surface area contributed by atoms with Crippen molar-refractivity contribution in [1.29, 1.82) is 0 Å². The second-order valence-corrected chi connectivity index (χ2v) is 7.89. The Hall–Kier alpha value is -2.32. The number of rotatable bonds is 5. The predicted octanol–water partition coefficient (Wildman–Crippen LogP) is -0.188. The van der Waals surface area contributed by atoms with Crippen LogP contribution in [0.3, 0.4) is 0 Å². The molecule has 3 aliphatic heterocycles. The molecule has 142 valence electrons. The van der Waals surface area contributed by atoms with Gasteiger partial charge >= 0.3 is 0 Å². The van der Waals surface area contributed by atoms with Crippen molar-refractivity contribution in [1.82, 2.24) is 10.2 Å². The Kier molecular flexibility index (Phi) is 4.92. The van der Waals surface area contributed by atoms with Gasteiger partial charge in [-0.1, -0.05) is 30.3 Å². The Morgan fingerprint density at radius 1 is 1.30 bits per heavy atom. The molecule has 0 aliphatic carbocycles. The van der Waals surface area contributed by atoms with E-state index in [1.807, 2.05) is 30.3 Å². The lowest BCUT2D eigenvalue weighted by molar-refractivity contribution is -0.301. The topological polar surface area (TPSA) is 98.8 Å². The van der Waals surface area contributed by atoms with E-state index >= 15 is 0 Å². The molecule has 3 heterocycles. The number of amides is 2. The number of fused-ring (bicyclic) bond motifs is 1. The van der Waals surface area contributed by atoms with Crippen LogP contribution in [0.4, 0.5) is 0 Å². The van der Waals surface area contributed by atoms with Gasteiger partial charge in [0.1, 0.15) is 11.4 Å². The van der Waals surface area contributed by atoms with E-state index in [1.165, 1.54) is 16.7 Å². The van der Waals surface area contributed by atoms with Crippen molar-refractivity contribution < 1.29 is 24.2 Å². The van der Waals surface area contributed by atoms with E-state index in [0.29, 0.717) is 17.9 Å². The van der Waals surface area contributed by atoms with Gasteiger partial charge in [-0.05, 0) is 24.0 Å². The molecule has 1 aromatic carbocycles. The Morgan fingerprint density at radius 3 is 2.74 bits per heavy atom. The number of ether oxygens (including phenoxy) is 1. The highest BCUT2D eigenvalue weighted by Gasteiger charge is 2.53. The first-order valence-corrected chi connectivity index (χ1v) is 9.95. The van der Waals surface area contributed by atoms with Crippen molar-refractivity contribution in [3.63, 3.8) is 0 Å². The highest BCUT2D eigenvalue weighted by molar-refractivity contribution is 8.00. The third-order valence-electron chi connectivity index (χ3n) is 5.03. The average molecular weight is 387 g/mol. The molecular formula is C19H19N2O5S-. The predicted molar refractivity (Wildman–Crippen MR) is 96.2 cm³/mol. The highest BCUT2D eigenvalue weighted by Crippen LogP contribution is 2.42. The molecule has 4 rings (SSSR count). The zero-order chi connectivity index (χ0) is 19.0. The quantitative estimate of drug-likeness (QED) is 0.704. The third-order valence-corrected chi connectivity index (χ3v) is 6.34. The summed E-state index contributed by atoms with van der Waals surface area (Å²) in [7, 11) is 0.